The zero-order chi connectivity index (χ0) is 13.9. The van der Waals surface area contributed by atoms with Gasteiger partial charge in [0, 0.05) is 12.8 Å². The molecular weight excluding hydrogens is 238 g/mol. The highest BCUT2D eigenvalue weighted by molar-refractivity contribution is 6.39. The Labute approximate surface area is 105 Å². The molecule has 0 aromatic rings. The molecule has 18 heavy (non-hydrogen) atoms. The van der Waals surface area contributed by atoms with Crippen molar-refractivity contribution in [3.8, 4) is 0 Å². The second-order valence-electron chi connectivity index (χ2n) is 5.20. The molecule has 0 aromatic carbocycles. The summed E-state index contributed by atoms with van der Waals surface area (Å²) in [5.74, 6) is -1.91. The van der Waals surface area contributed by atoms with Gasteiger partial charge in [-0.3, -0.25) is 9.59 Å². The van der Waals surface area contributed by atoms with E-state index in [0.717, 1.165) is 0 Å². The maximum absolute atomic E-state index is 11.8. The molecule has 0 radical (unpaired) electrons. The molecule has 0 saturated carbocycles. The predicted molar refractivity (Wildman–Crippen MR) is 63.8 cm³/mol. The Hall–Kier alpha value is -1.92. The molecule has 0 fully saturated rings. The molecule has 0 bridgehead atoms. The third-order valence-corrected chi connectivity index (χ3v) is 2.55. The first-order valence-electron chi connectivity index (χ1n) is 5.61. The summed E-state index contributed by atoms with van der Waals surface area (Å²) in [4.78, 5) is 33.8. The van der Waals surface area contributed by atoms with Crippen molar-refractivity contribution in [1.29, 1.82) is 0 Å². The van der Waals surface area contributed by atoms with E-state index in [4.69, 9.17) is 5.11 Å². The van der Waals surface area contributed by atoms with Gasteiger partial charge < -0.3 is 10.4 Å². The number of hydrazone groups is 1. The van der Waals surface area contributed by atoms with E-state index < -0.39 is 23.3 Å². The molecule has 1 heterocycles. The topological polar surface area (TPSA) is 108 Å². The number of aliphatic carboxylic acids is 1. The maximum Gasteiger partial charge on any atom is 0.326 e. The quantitative estimate of drug-likeness (QED) is 0.652. The number of amides is 2. The molecule has 1 aliphatic rings. The highest BCUT2D eigenvalue weighted by Crippen LogP contribution is 2.19. The van der Waals surface area contributed by atoms with Gasteiger partial charge in [-0.15, -0.1) is 0 Å². The van der Waals surface area contributed by atoms with Gasteiger partial charge in [-0.05, 0) is 5.41 Å². The van der Waals surface area contributed by atoms with Gasteiger partial charge in [0.05, 0.1) is 0 Å². The Kier molecular flexibility index (Phi) is 4.05. The number of carbonyl (C=O) groups is 3. The summed E-state index contributed by atoms with van der Waals surface area (Å²) in [5.41, 5.74) is 1.73. The first-order chi connectivity index (χ1) is 8.21. The Morgan fingerprint density at radius 2 is 2.00 bits per heavy atom. The van der Waals surface area contributed by atoms with E-state index in [0.29, 0.717) is 0 Å². The van der Waals surface area contributed by atoms with Crippen LogP contribution in [0.2, 0.25) is 0 Å². The second kappa shape index (κ2) is 5.16. The number of hydrogen-bond donors (Lipinski definition) is 3. The fourth-order valence-corrected chi connectivity index (χ4v) is 1.50. The van der Waals surface area contributed by atoms with Gasteiger partial charge in [-0.2, -0.15) is 5.10 Å². The third kappa shape index (κ3) is 3.54. The number of carbonyl (C=O) groups excluding carboxylic acids is 2. The highest BCUT2D eigenvalue weighted by atomic mass is 16.4. The molecule has 0 aliphatic carbocycles. The van der Waals surface area contributed by atoms with Crippen LogP contribution in [0.15, 0.2) is 5.10 Å². The van der Waals surface area contributed by atoms with Crippen LogP contribution in [0.3, 0.4) is 0 Å². The number of nitrogens with zero attached hydrogens (tertiary/aromatic N) is 1. The van der Waals surface area contributed by atoms with Crippen molar-refractivity contribution in [3.05, 3.63) is 0 Å². The van der Waals surface area contributed by atoms with Gasteiger partial charge in [-0.1, -0.05) is 20.8 Å². The molecule has 1 aliphatic heterocycles. The largest absolute Gasteiger partial charge is 0.480 e. The molecule has 1 rings (SSSR count). The van der Waals surface area contributed by atoms with E-state index in [1.807, 2.05) is 0 Å². The SMILES string of the molecule is CC(C)(C)[C@H](NC(=O)C1=NNC(=O)CC1)C(=O)O. The lowest BCUT2D eigenvalue weighted by Gasteiger charge is -2.28. The van der Waals surface area contributed by atoms with E-state index >= 15 is 0 Å². The zero-order valence-corrected chi connectivity index (χ0v) is 10.6. The Balaban J connectivity index is 2.74. The van der Waals surface area contributed by atoms with Crippen molar-refractivity contribution >= 4 is 23.5 Å². The lowest BCUT2D eigenvalue weighted by Crippen LogP contribution is -2.51. The van der Waals surface area contributed by atoms with E-state index in [-0.39, 0.29) is 24.5 Å². The second-order valence-corrected chi connectivity index (χ2v) is 5.20. The van der Waals surface area contributed by atoms with Crippen LogP contribution in [0.5, 0.6) is 0 Å². The number of carboxylic acids is 1. The van der Waals surface area contributed by atoms with Gasteiger partial charge >= 0.3 is 5.97 Å². The summed E-state index contributed by atoms with van der Waals surface area (Å²) in [6.45, 7) is 5.16. The van der Waals surface area contributed by atoms with Gasteiger partial charge in [-0.25, -0.2) is 10.2 Å². The minimum Gasteiger partial charge on any atom is -0.480 e. The van der Waals surface area contributed by atoms with Crippen molar-refractivity contribution in [1.82, 2.24) is 10.7 Å². The monoisotopic (exact) mass is 255 g/mol. The predicted octanol–water partition coefficient (Wildman–Crippen LogP) is -0.132. The summed E-state index contributed by atoms with van der Waals surface area (Å²) in [7, 11) is 0. The van der Waals surface area contributed by atoms with Crippen LogP contribution in [0, 0.1) is 5.41 Å². The molecule has 0 aromatic heterocycles. The van der Waals surface area contributed by atoms with Crippen LogP contribution < -0.4 is 10.7 Å². The van der Waals surface area contributed by atoms with Gasteiger partial charge in [0.1, 0.15) is 11.8 Å². The van der Waals surface area contributed by atoms with Gasteiger partial charge in [0.15, 0.2) is 0 Å². The highest BCUT2D eigenvalue weighted by Gasteiger charge is 2.33. The number of carboxylic acid groups (broad SMARTS) is 1. The van der Waals surface area contributed by atoms with Crippen molar-refractivity contribution in [2.75, 3.05) is 0 Å². The van der Waals surface area contributed by atoms with E-state index in [1.165, 1.54) is 0 Å². The third-order valence-electron chi connectivity index (χ3n) is 2.55. The van der Waals surface area contributed by atoms with Gasteiger partial charge in [0.25, 0.3) is 5.91 Å². The summed E-state index contributed by atoms with van der Waals surface area (Å²) >= 11 is 0. The smallest absolute Gasteiger partial charge is 0.326 e. The van der Waals surface area contributed by atoms with Crippen LogP contribution in [0.4, 0.5) is 0 Å². The Bertz CT molecular complexity index is 409. The Morgan fingerprint density at radius 3 is 2.39 bits per heavy atom. The van der Waals surface area contributed by atoms with Gasteiger partial charge in [0.2, 0.25) is 5.91 Å². The Morgan fingerprint density at radius 1 is 1.39 bits per heavy atom. The van der Waals surface area contributed by atoms with E-state index in [1.54, 1.807) is 20.8 Å². The molecular formula is C11H17N3O4. The number of nitrogens with one attached hydrogen (secondary N) is 2. The minimum atomic E-state index is -1.10. The molecule has 0 unspecified atom stereocenters. The van der Waals surface area contributed by atoms with Crippen LogP contribution in [-0.2, 0) is 14.4 Å². The lowest BCUT2D eigenvalue weighted by atomic mass is 9.86. The first kappa shape index (κ1) is 14.1. The van der Waals surface area contributed by atoms with Crippen LogP contribution in [0.1, 0.15) is 33.6 Å². The van der Waals surface area contributed by atoms with Crippen molar-refractivity contribution in [3.63, 3.8) is 0 Å². The van der Waals surface area contributed by atoms with Crippen molar-refractivity contribution in [2.45, 2.75) is 39.7 Å². The van der Waals surface area contributed by atoms with E-state index in [2.05, 4.69) is 15.8 Å². The normalized spacial score (nSPS) is 17.5. The van der Waals surface area contributed by atoms with Crippen LogP contribution in [-0.4, -0.2) is 34.6 Å². The van der Waals surface area contributed by atoms with E-state index in [9.17, 15) is 14.4 Å². The lowest BCUT2D eigenvalue weighted by molar-refractivity contribution is -0.144. The van der Waals surface area contributed by atoms with Crippen molar-refractivity contribution < 1.29 is 19.5 Å². The summed E-state index contributed by atoms with van der Waals surface area (Å²) in [5, 5.41) is 15.1. The summed E-state index contributed by atoms with van der Waals surface area (Å²) < 4.78 is 0. The molecule has 0 saturated heterocycles. The molecule has 7 nitrogen and oxygen atoms in total. The molecule has 1 atom stereocenters. The molecule has 100 valence electrons. The molecule has 3 N–H and O–H groups in total. The summed E-state index contributed by atoms with van der Waals surface area (Å²) in [6, 6.07) is -1.01. The zero-order valence-electron chi connectivity index (χ0n) is 10.6. The van der Waals surface area contributed by atoms with Crippen LogP contribution in [0.25, 0.3) is 0 Å². The van der Waals surface area contributed by atoms with Crippen LogP contribution >= 0.6 is 0 Å². The number of hydrogen-bond acceptors (Lipinski definition) is 4. The number of rotatable bonds is 3. The fraction of sp³-hybridized carbons (Fsp3) is 0.636. The fourth-order valence-electron chi connectivity index (χ4n) is 1.50. The molecule has 2 amide bonds. The first-order valence-corrected chi connectivity index (χ1v) is 5.61. The molecule has 7 heteroatoms. The standard InChI is InChI=1S/C11H17N3O4/c1-11(2,3)8(10(17)18)12-9(16)6-4-5-7(15)14-13-6/h8H,4-5H2,1-3H3,(H,12,16)(H,14,15)(H,17,18)/t8-/m1/s1. The van der Waals surface area contributed by atoms with Crippen molar-refractivity contribution in [2.24, 2.45) is 10.5 Å². The minimum absolute atomic E-state index is 0.144. The molecule has 0 spiro atoms. The average molecular weight is 255 g/mol. The average Bonchev–Trinajstić information content (AvgIpc) is 2.24. The maximum atomic E-state index is 11.8. The summed E-state index contributed by atoms with van der Waals surface area (Å²) in [6.07, 6.45) is 0.396.